The lowest BCUT2D eigenvalue weighted by Gasteiger charge is -2.33. The molecule has 2 aromatic rings. The molecule has 0 radical (unpaired) electrons. The summed E-state index contributed by atoms with van der Waals surface area (Å²) in [6.07, 6.45) is 0.647. The molecule has 0 spiro atoms. The summed E-state index contributed by atoms with van der Waals surface area (Å²) in [5.41, 5.74) is 0.594. The van der Waals surface area contributed by atoms with Crippen molar-refractivity contribution in [3.8, 4) is 11.5 Å². The molecule has 27 heavy (non-hydrogen) atoms. The second-order valence-corrected chi connectivity index (χ2v) is 7.16. The van der Waals surface area contributed by atoms with Crippen LogP contribution in [0.2, 0.25) is 5.02 Å². The van der Waals surface area contributed by atoms with E-state index < -0.39 is 6.10 Å². The fourth-order valence-corrected chi connectivity index (χ4v) is 3.37. The highest BCUT2D eigenvalue weighted by molar-refractivity contribution is 6.30. The van der Waals surface area contributed by atoms with E-state index in [1.807, 2.05) is 0 Å². The van der Waals surface area contributed by atoms with E-state index in [0.29, 0.717) is 42.3 Å². The Balaban J connectivity index is 1.53. The van der Waals surface area contributed by atoms with Crippen LogP contribution in [0.25, 0.3) is 0 Å². The molecule has 1 heterocycles. The van der Waals surface area contributed by atoms with E-state index in [9.17, 15) is 14.7 Å². The summed E-state index contributed by atoms with van der Waals surface area (Å²) in [5, 5.41) is 9.95. The van der Waals surface area contributed by atoms with Gasteiger partial charge in [0, 0.05) is 29.6 Å². The average molecular weight is 388 g/mol. The second-order valence-electron chi connectivity index (χ2n) is 6.72. The number of ketones is 1. The number of benzene rings is 2. The Morgan fingerprint density at radius 2 is 1.67 bits per heavy atom. The molecule has 1 fully saturated rings. The second kappa shape index (κ2) is 8.44. The van der Waals surface area contributed by atoms with Crippen LogP contribution in [0.15, 0.2) is 48.5 Å². The van der Waals surface area contributed by atoms with Crippen LogP contribution in [-0.4, -0.2) is 40.9 Å². The first-order chi connectivity index (χ1) is 12.9. The Kier molecular flexibility index (Phi) is 6.01. The quantitative estimate of drug-likeness (QED) is 0.789. The van der Waals surface area contributed by atoms with Crippen molar-refractivity contribution in [2.75, 3.05) is 13.1 Å². The van der Waals surface area contributed by atoms with Gasteiger partial charge in [-0.3, -0.25) is 9.59 Å². The van der Waals surface area contributed by atoms with Gasteiger partial charge in [0.25, 0.3) is 5.91 Å². The first-order valence-electron chi connectivity index (χ1n) is 8.98. The number of halogens is 1. The number of hydrogen-bond donors (Lipinski definition) is 1. The summed E-state index contributed by atoms with van der Waals surface area (Å²) in [6.45, 7) is 2.79. The first kappa shape index (κ1) is 19.2. The molecular formula is C21H22ClNO4. The van der Waals surface area contributed by atoms with Crippen molar-refractivity contribution in [3.05, 3.63) is 59.1 Å². The predicted molar refractivity (Wildman–Crippen MR) is 103 cm³/mol. The van der Waals surface area contributed by atoms with Crippen LogP contribution in [0, 0.1) is 5.92 Å². The van der Waals surface area contributed by atoms with Gasteiger partial charge in [-0.15, -0.1) is 0 Å². The Labute approximate surface area is 163 Å². The fourth-order valence-electron chi connectivity index (χ4n) is 3.25. The number of phenols is 1. The highest BCUT2D eigenvalue weighted by Gasteiger charge is 2.30. The molecule has 1 atom stereocenters. The first-order valence-corrected chi connectivity index (χ1v) is 9.36. The predicted octanol–water partition coefficient (Wildman–Crippen LogP) is 3.93. The van der Waals surface area contributed by atoms with Crippen molar-refractivity contribution in [2.24, 2.45) is 5.92 Å². The summed E-state index contributed by atoms with van der Waals surface area (Å²) in [6, 6.07) is 13.2. The highest BCUT2D eigenvalue weighted by Crippen LogP contribution is 2.24. The summed E-state index contributed by atoms with van der Waals surface area (Å²) in [7, 11) is 0. The van der Waals surface area contributed by atoms with E-state index in [4.69, 9.17) is 16.3 Å². The highest BCUT2D eigenvalue weighted by atomic mass is 35.5. The van der Waals surface area contributed by atoms with Crippen molar-refractivity contribution in [1.82, 2.24) is 4.90 Å². The Hall–Kier alpha value is -2.53. The third kappa shape index (κ3) is 4.80. The number of piperidine rings is 1. The molecule has 3 rings (SSSR count). The number of carbonyl (C=O) groups is 2. The van der Waals surface area contributed by atoms with Crippen molar-refractivity contribution < 1.29 is 19.4 Å². The molecule has 0 aromatic heterocycles. The van der Waals surface area contributed by atoms with E-state index in [1.165, 1.54) is 12.1 Å². The topological polar surface area (TPSA) is 66.8 Å². The molecule has 6 heteroatoms. The van der Waals surface area contributed by atoms with Gasteiger partial charge in [-0.05, 0) is 68.3 Å². The standard InChI is InChI=1S/C21H22ClNO4/c1-14(27-19-8-4-17(22)5-9-19)21(26)23-12-10-16(11-13-23)20(25)15-2-6-18(24)7-3-15/h2-9,14,16,24H,10-13H2,1H3/t14-/m1/s1. The van der Waals surface area contributed by atoms with Gasteiger partial charge in [0.2, 0.25) is 0 Å². The number of Topliss-reactive ketones (excluding diaryl/α,β-unsaturated/α-hetero) is 1. The largest absolute Gasteiger partial charge is 0.508 e. The number of ether oxygens (including phenoxy) is 1. The summed E-state index contributed by atoms with van der Waals surface area (Å²) in [4.78, 5) is 26.9. The van der Waals surface area contributed by atoms with Crippen molar-refractivity contribution in [2.45, 2.75) is 25.9 Å². The monoisotopic (exact) mass is 387 g/mol. The average Bonchev–Trinajstić information content (AvgIpc) is 2.69. The van der Waals surface area contributed by atoms with Crippen LogP contribution in [0.3, 0.4) is 0 Å². The molecule has 2 aromatic carbocycles. The van der Waals surface area contributed by atoms with E-state index >= 15 is 0 Å². The van der Waals surface area contributed by atoms with Gasteiger partial charge in [-0.1, -0.05) is 11.6 Å². The van der Waals surface area contributed by atoms with Gasteiger partial charge in [0.15, 0.2) is 11.9 Å². The number of carbonyl (C=O) groups excluding carboxylic acids is 2. The van der Waals surface area contributed by atoms with Gasteiger partial charge in [-0.2, -0.15) is 0 Å². The summed E-state index contributed by atoms with van der Waals surface area (Å²) >= 11 is 5.85. The molecule has 1 saturated heterocycles. The van der Waals surface area contributed by atoms with Crippen molar-refractivity contribution in [1.29, 1.82) is 0 Å². The van der Waals surface area contributed by atoms with Crippen LogP contribution in [0.1, 0.15) is 30.1 Å². The van der Waals surface area contributed by atoms with E-state index in [1.54, 1.807) is 48.2 Å². The maximum atomic E-state index is 12.6. The lowest BCUT2D eigenvalue weighted by molar-refractivity contribution is -0.139. The molecule has 0 unspecified atom stereocenters. The van der Waals surface area contributed by atoms with Crippen LogP contribution < -0.4 is 4.74 Å². The molecule has 142 valence electrons. The fraction of sp³-hybridized carbons (Fsp3) is 0.333. The number of hydrogen-bond acceptors (Lipinski definition) is 4. The SMILES string of the molecule is C[C@@H](Oc1ccc(Cl)cc1)C(=O)N1CCC(C(=O)c2ccc(O)cc2)CC1. The van der Waals surface area contributed by atoms with Gasteiger partial charge >= 0.3 is 0 Å². The Bertz CT molecular complexity index is 796. The molecule has 1 aliphatic rings. The van der Waals surface area contributed by atoms with Crippen molar-refractivity contribution >= 4 is 23.3 Å². The smallest absolute Gasteiger partial charge is 0.263 e. The summed E-state index contributed by atoms with van der Waals surface area (Å²) < 4.78 is 5.70. The van der Waals surface area contributed by atoms with Crippen LogP contribution >= 0.6 is 11.6 Å². The van der Waals surface area contributed by atoms with Crippen molar-refractivity contribution in [3.63, 3.8) is 0 Å². The Morgan fingerprint density at radius 1 is 1.07 bits per heavy atom. The number of amides is 1. The van der Waals surface area contributed by atoms with Gasteiger partial charge in [0.1, 0.15) is 11.5 Å². The summed E-state index contributed by atoms with van der Waals surface area (Å²) in [5.74, 6) is 0.610. The maximum Gasteiger partial charge on any atom is 0.263 e. The minimum Gasteiger partial charge on any atom is -0.508 e. The minimum absolute atomic E-state index is 0.0626. The van der Waals surface area contributed by atoms with Crippen LogP contribution in [0.4, 0.5) is 0 Å². The Morgan fingerprint density at radius 3 is 2.26 bits per heavy atom. The molecule has 5 nitrogen and oxygen atoms in total. The molecule has 1 amide bonds. The maximum absolute atomic E-state index is 12.6. The zero-order valence-corrected chi connectivity index (χ0v) is 15.9. The number of rotatable bonds is 5. The third-order valence-electron chi connectivity index (χ3n) is 4.80. The number of aromatic hydroxyl groups is 1. The normalized spacial score (nSPS) is 16.0. The molecule has 1 N–H and O–H groups in total. The third-order valence-corrected chi connectivity index (χ3v) is 5.06. The van der Waals surface area contributed by atoms with Gasteiger partial charge in [-0.25, -0.2) is 0 Å². The molecular weight excluding hydrogens is 366 g/mol. The zero-order chi connectivity index (χ0) is 19.4. The van der Waals surface area contributed by atoms with E-state index in [2.05, 4.69) is 0 Å². The number of phenolic OH excluding ortho intramolecular Hbond substituents is 1. The van der Waals surface area contributed by atoms with E-state index in [-0.39, 0.29) is 23.4 Å². The molecule has 0 saturated carbocycles. The van der Waals surface area contributed by atoms with E-state index in [0.717, 1.165) is 0 Å². The molecule has 0 aliphatic carbocycles. The zero-order valence-electron chi connectivity index (χ0n) is 15.1. The molecule has 1 aliphatic heterocycles. The number of nitrogens with zero attached hydrogens (tertiary/aromatic N) is 1. The lowest BCUT2D eigenvalue weighted by Crippen LogP contribution is -2.45. The van der Waals surface area contributed by atoms with Crippen LogP contribution in [-0.2, 0) is 4.79 Å². The van der Waals surface area contributed by atoms with Crippen LogP contribution in [0.5, 0.6) is 11.5 Å². The lowest BCUT2D eigenvalue weighted by atomic mass is 9.88. The van der Waals surface area contributed by atoms with Gasteiger partial charge < -0.3 is 14.7 Å². The molecule has 0 bridgehead atoms. The minimum atomic E-state index is -0.601. The van der Waals surface area contributed by atoms with Gasteiger partial charge in [0.05, 0.1) is 0 Å². The number of likely N-dealkylation sites (tertiary alicyclic amines) is 1.